The number of benzene rings is 1. The Morgan fingerprint density at radius 3 is 2.57 bits per heavy atom. The van der Waals surface area contributed by atoms with Crippen molar-refractivity contribution in [2.45, 2.75) is 71.0 Å². The van der Waals surface area contributed by atoms with Crippen LogP contribution in [-0.4, -0.2) is 24.1 Å². The lowest BCUT2D eigenvalue weighted by atomic mass is 9.95. The first-order valence-corrected chi connectivity index (χ1v) is 8.69. The highest BCUT2D eigenvalue weighted by molar-refractivity contribution is 5.78. The molecule has 0 saturated heterocycles. The molecule has 1 aromatic carbocycles. The van der Waals surface area contributed by atoms with Crippen LogP contribution in [0.15, 0.2) is 24.3 Å². The summed E-state index contributed by atoms with van der Waals surface area (Å²) < 4.78 is 5.73. The van der Waals surface area contributed by atoms with Crippen LogP contribution in [0.1, 0.15) is 58.4 Å². The Bertz CT molecular complexity index is 502. The van der Waals surface area contributed by atoms with E-state index in [0.29, 0.717) is 6.04 Å². The summed E-state index contributed by atoms with van der Waals surface area (Å²) in [4.78, 5) is 11.9. The van der Waals surface area contributed by atoms with E-state index in [1.807, 2.05) is 39.0 Å². The second-order valence-corrected chi connectivity index (χ2v) is 7.41. The van der Waals surface area contributed by atoms with Crippen molar-refractivity contribution in [3.63, 3.8) is 0 Å². The predicted molar refractivity (Wildman–Crippen MR) is 93.5 cm³/mol. The number of ether oxygens (including phenoxy) is 1. The molecule has 1 aliphatic rings. The smallest absolute Gasteiger partial charge is 0.258 e. The van der Waals surface area contributed by atoms with Gasteiger partial charge < -0.3 is 15.4 Å². The number of para-hydroxylation sites is 1. The number of amides is 1. The van der Waals surface area contributed by atoms with Crippen molar-refractivity contribution in [1.82, 2.24) is 10.6 Å². The highest BCUT2D eigenvalue weighted by Crippen LogP contribution is 2.21. The molecule has 1 amide bonds. The van der Waals surface area contributed by atoms with Crippen molar-refractivity contribution < 1.29 is 9.53 Å². The highest BCUT2D eigenvalue weighted by atomic mass is 16.5. The number of hydrogen-bond acceptors (Lipinski definition) is 3. The van der Waals surface area contributed by atoms with Crippen LogP contribution in [0.5, 0.6) is 5.75 Å². The minimum Gasteiger partial charge on any atom is -0.483 e. The Morgan fingerprint density at radius 1 is 1.17 bits per heavy atom. The highest BCUT2D eigenvalue weighted by Gasteiger charge is 2.16. The van der Waals surface area contributed by atoms with Gasteiger partial charge in [0.15, 0.2) is 6.61 Å². The quantitative estimate of drug-likeness (QED) is 0.845. The Kier molecular flexibility index (Phi) is 6.46. The Labute approximate surface area is 140 Å². The van der Waals surface area contributed by atoms with Gasteiger partial charge in [-0.3, -0.25) is 4.79 Å². The van der Waals surface area contributed by atoms with Gasteiger partial charge in [0.25, 0.3) is 5.91 Å². The molecule has 1 aliphatic carbocycles. The van der Waals surface area contributed by atoms with Gasteiger partial charge >= 0.3 is 0 Å². The van der Waals surface area contributed by atoms with Crippen molar-refractivity contribution in [3.05, 3.63) is 29.8 Å². The van der Waals surface area contributed by atoms with Gasteiger partial charge in [0.2, 0.25) is 0 Å². The maximum Gasteiger partial charge on any atom is 0.258 e. The lowest BCUT2D eigenvalue weighted by Crippen LogP contribution is -2.43. The fourth-order valence-corrected chi connectivity index (χ4v) is 2.95. The largest absolute Gasteiger partial charge is 0.483 e. The second kappa shape index (κ2) is 8.34. The minimum atomic E-state index is -0.234. The molecule has 128 valence electrons. The van der Waals surface area contributed by atoms with Crippen LogP contribution in [0, 0.1) is 0 Å². The first-order chi connectivity index (χ1) is 10.9. The Hall–Kier alpha value is -1.55. The number of carbonyl (C=O) groups excluding carboxylic acids is 1. The average Bonchev–Trinajstić information content (AvgIpc) is 2.51. The van der Waals surface area contributed by atoms with Gasteiger partial charge in [0, 0.05) is 23.7 Å². The van der Waals surface area contributed by atoms with Crippen LogP contribution < -0.4 is 15.4 Å². The Morgan fingerprint density at radius 2 is 1.87 bits per heavy atom. The monoisotopic (exact) mass is 318 g/mol. The van der Waals surface area contributed by atoms with Gasteiger partial charge in [-0.25, -0.2) is 0 Å². The average molecular weight is 318 g/mol. The Balaban J connectivity index is 1.85. The molecular weight excluding hydrogens is 288 g/mol. The molecule has 0 heterocycles. The van der Waals surface area contributed by atoms with E-state index >= 15 is 0 Å². The second-order valence-electron chi connectivity index (χ2n) is 7.41. The zero-order valence-electron chi connectivity index (χ0n) is 14.7. The maximum atomic E-state index is 11.9. The van der Waals surface area contributed by atoms with E-state index in [1.54, 1.807) is 0 Å². The van der Waals surface area contributed by atoms with Crippen LogP contribution in [-0.2, 0) is 11.3 Å². The van der Waals surface area contributed by atoms with E-state index in [9.17, 15) is 4.79 Å². The number of hydrogen-bond donors (Lipinski definition) is 2. The lowest BCUT2D eigenvalue weighted by molar-refractivity contribution is -0.124. The van der Waals surface area contributed by atoms with Crippen molar-refractivity contribution in [2.24, 2.45) is 0 Å². The summed E-state index contributed by atoms with van der Waals surface area (Å²) in [6.45, 7) is 6.74. The van der Waals surface area contributed by atoms with Crippen LogP contribution in [0.3, 0.4) is 0 Å². The predicted octanol–water partition coefficient (Wildman–Crippen LogP) is 3.40. The molecule has 0 radical (unpaired) electrons. The van der Waals surface area contributed by atoms with E-state index in [2.05, 4.69) is 16.7 Å². The molecule has 4 nitrogen and oxygen atoms in total. The third kappa shape index (κ3) is 6.61. The summed E-state index contributed by atoms with van der Waals surface area (Å²) in [5.41, 5.74) is 0.879. The summed E-state index contributed by atoms with van der Waals surface area (Å²) in [6, 6.07) is 8.57. The molecule has 1 aromatic rings. The summed E-state index contributed by atoms with van der Waals surface area (Å²) in [7, 11) is 0. The van der Waals surface area contributed by atoms with Crippen LogP contribution in [0.4, 0.5) is 0 Å². The SMILES string of the molecule is CC(C)(C)NC(=O)COc1ccccc1CNC1CCCCC1. The third-order valence-corrected chi connectivity index (χ3v) is 4.03. The van der Waals surface area contributed by atoms with E-state index in [4.69, 9.17) is 4.74 Å². The zero-order chi connectivity index (χ0) is 16.7. The van der Waals surface area contributed by atoms with Gasteiger partial charge in [-0.05, 0) is 39.7 Å². The van der Waals surface area contributed by atoms with Gasteiger partial charge in [0.05, 0.1) is 0 Å². The third-order valence-electron chi connectivity index (χ3n) is 4.03. The lowest BCUT2D eigenvalue weighted by Gasteiger charge is -2.23. The van der Waals surface area contributed by atoms with Gasteiger partial charge in [-0.1, -0.05) is 37.5 Å². The fraction of sp³-hybridized carbons (Fsp3) is 0.632. The summed E-state index contributed by atoms with van der Waals surface area (Å²) in [6.07, 6.45) is 6.53. The molecule has 23 heavy (non-hydrogen) atoms. The van der Waals surface area contributed by atoms with Crippen molar-refractivity contribution >= 4 is 5.91 Å². The van der Waals surface area contributed by atoms with Gasteiger partial charge in [-0.15, -0.1) is 0 Å². The van der Waals surface area contributed by atoms with Gasteiger partial charge in [-0.2, -0.15) is 0 Å². The van der Waals surface area contributed by atoms with Crippen LogP contribution >= 0.6 is 0 Å². The first kappa shape index (κ1) is 17.8. The summed E-state index contributed by atoms with van der Waals surface area (Å²) >= 11 is 0. The number of carbonyl (C=O) groups is 1. The zero-order valence-corrected chi connectivity index (χ0v) is 14.7. The molecule has 0 unspecified atom stereocenters. The maximum absolute atomic E-state index is 11.9. The topological polar surface area (TPSA) is 50.4 Å². The molecular formula is C19H30N2O2. The van der Waals surface area contributed by atoms with E-state index < -0.39 is 0 Å². The van der Waals surface area contributed by atoms with E-state index in [-0.39, 0.29) is 18.1 Å². The fourth-order valence-electron chi connectivity index (χ4n) is 2.95. The number of nitrogens with one attached hydrogen (secondary N) is 2. The van der Waals surface area contributed by atoms with Gasteiger partial charge in [0.1, 0.15) is 5.75 Å². The molecule has 1 saturated carbocycles. The summed E-state index contributed by atoms with van der Waals surface area (Å²) in [5.74, 6) is 0.701. The minimum absolute atomic E-state index is 0.0533. The molecule has 1 fully saturated rings. The molecule has 0 bridgehead atoms. The molecule has 0 aliphatic heterocycles. The van der Waals surface area contributed by atoms with E-state index in [1.165, 1.54) is 32.1 Å². The van der Waals surface area contributed by atoms with Crippen molar-refractivity contribution in [3.8, 4) is 5.75 Å². The molecule has 2 rings (SSSR count). The molecule has 0 spiro atoms. The number of rotatable bonds is 6. The normalized spacial score (nSPS) is 16.1. The molecule has 2 N–H and O–H groups in total. The standard InChI is InChI=1S/C19H30N2O2/c1-19(2,3)21-18(22)14-23-17-12-8-7-9-15(17)13-20-16-10-5-4-6-11-16/h7-9,12,16,20H,4-6,10-11,13-14H2,1-3H3,(H,21,22). The van der Waals surface area contributed by atoms with Crippen LogP contribution in [0.25, 0.3) is 0 Å². The molecule has 0 atom stereocenters. The summed E-state index contributed by atoms with van der Waals surface area (Å²) in [5, 5.41) is 6.54. The first-order valence-electron chi connectivity index (χ1n) is 8.69. The van der Waals surface area contributed by atoms with E-state index in [0.717, 1.165) is 17.9 Å². The van der Waals surface area contributed by atoms with Crippen LogP contribution in [0.2, 0.25) is 0 Å². The molecule has 4 heteroatoms. The molecule has 0 aromatic heterocycles. The van der Waals surface area contributed by atoms with Crippen molar-refractivity contribution in [1.29, 1.82) is 0 Å². The van der Waals surface area contributed by atoms with Crippen molar-refractivity contribution in [2.75, 3.05) is 6.61 Å².